The first-order chi connectivity index (χ1) is 14.4. The highest BCUT2D eigenvalue weighted by molar-refractivity contribution is 6.04. The standard InChI is InChI=1S/C21H21FN6O2/c1-13-17(20(29)26-16-7-5-15(22)6-8-16)11-23-19(25-13)18-4-3-9-28(18)21(30)14-10-24-27(2)12-14/h5-8,10-12,18H,3-4,9H2,1-2H3,(H,26,29). The molecule has 4 rings (SSSR count). The number of carbonyl (C=O) groups excluding carboxylic acids is 2. The Balaban J connectivity index is 1.52. The highest BCUT2D eigenvalue weighted by atomic mass is 19.1. The van der Waals surface area contributed by atoms with E-state index in [0.29, 0.717) is 34.9 Å². The van der Waals surface area contributed by atoms with E-state index in [-0.39, 0.29) is 23.7 Å². The van der Waals surface area contributed by atoms with Crippen LogP contribution in [0.15, 0.2) is 42.9 Å². The number of hydrogen-bond acceptors (Lipinski definition) is 5. The minimum absolute atomic E-state index is 0.106. The number of nitrogens with zero attached hydrogens (tertiary/aromatic N) is 5. The summed E-state index contributed by atoms with van der Waals surface area (Å²) in [5.41, 5.74) is 1.84. The summed E-state index contributed by atoms with van der Waals surface area (Å²) in [4.78, 5) is 36.1. The molecule has 1 aliphatic rings. The van der Waals surface area contributed by atoms with Gasteiger partial charge in [0.25, 0.3) is 11.8 Å². The molecule has 1 aliphatic heterocycles. The molecule has 0 aliphatic carbocycles. The van der Waals surface area contributed by atoms with Gasteiger partial charge in [-0.05, 0) is 44.0 Å². The number of anilines is 1. The highest BCUT2D eigenvalue weighted by Crippen LogP contribution is 2.31. The molecule has 2 aromatic heterocycles. The predicted octanol–water partition coefficient (Wildman–Crippen LogP) is 2.89. The van der Waals surface area contributed by atoms with Gasteiger partial charge < -0.3 is 10.2 Å². The number of halogens is 1. The van der Waals surface area contributed by atoms with Gasteiger partial charge in [-0.1, -0.05) is 0 Å². The smallest absolute Gasteiger partial charge is 0.259 e. The number of amides is 2. The van der Waals surface area contributed by atoms with Crippen LogP contribution < -0.4 is 5.32 Å². The van der Waals surface area contributed by atoms with Crippen LogP contribution in [0, 0.1) is 12.7 Å². The summed E-state index contributed by atoms with van der Waals surface area (Å²) >= 11 is 0. The second kappa shape index (κ2) is 8.02. The lowest BCUT2D eigenvalue weighted by Crippen LogP contribution is -2.31. The van der Waals surface area contributed by atoms with Crippen LogP contribution in [-0.4, -0.2) is 43.0 Å². The fourth-order valence-corrected chi connectivity index (χ4v) is 3.58. The number of carbonyl (C=O) groups is 2. The largest absolute Gasteiger partial charge is 0.328 e. The Morgan fingerprint density at radius 2 is 1.97 bits per heavy atom. The molecule has 2 amide bonds. The van der Waals surface area contributed by atoms with E-state index in [1.807, 2.05) is 0 Å². The summed E-state index contributed by atoms with van der Waals surface area (Å²) in [6.07, 6.45) is 6.32. The third kappa shape index (κ3) is 3.91. The Morgan fingerprint density at radius 1 is 1.20 bits per heavy atom. The van der Waals surface area contributed by atoms with Crippen molar-refractivity contribution in [2.45, 2.75) is 25.8 Å². The molecule has 154 valence electrons. The normalized spacial score (nSPS) is 16.0. The number of rotatable bonds is 4. The maximum atomic E-state index is 13.0. The van der Waals surface area contributed by atoms with Crippen molar-refractivity contribution in [1.82, 2.24) is 24.6 Å². The molecular weight excluding hydrogens is 387 g/mol. The monoisotopic (exact) mass is 408 g/mol. The molecular formula is C21H21FN6O2. The van der Waals surface area contributed by atoms with E-state index in [1.54, 1.807) is 35.9 Å². The Labute approximate surface area is 172 Å². The van der Waals surface area contributed by atoms with Gasteiger partial charge in [-0.2, -0.15) is 5.10 Å². The van der Waals surface area contributed by atoms with Gasteiger partial charge in [0, 0.05) is 31.7 Å². The van der Waals surface area contributed by atoms with E-state index >= 15 is 0 Å². The third-order valence-electron chi connectivity index (χ3n) is 5.11. The van der Waals surface area contributed by atoms with Crippen LogP contribution in [0.1, 0.15) is 51.1 Å². The van der Waals surface area contributed by atoms with Crippen LogP contribution in [0.25, 0.3) is 0 Å². The van der Waals surface area contributed by atoms with E-state index in [1.165, 1.54) is 30.5 Å². The zero-order valence-electron chi connectivity index (χ0n) is 16.7. The van der Waals surface area contributed by atoms with Crippen molar-refractivity contribution in [3.8, 4) is 0 Å². The molecule has 1 unspecified atom stereocenters. The first-order valence-corrected chi connectivity index (χ1v) is 9.62. The molecule has 0 radical (unpaired) electrons. The lowest BCUT2D eigenvalue weighted by atomic mass is 10.1. The Morgan fingerprint density at radius 3 is 2.63 bits per heavy atom. The second-order valence-electron chi connectivity index (χ2n) is 7.25. The van der Waals surface area contributed by atoms with Gasteiger partial charge in [0.15, 0.2) is 5.82 Å². The molecule has 0 bridgehead atoms. The van der Waals surface area contributed by atoms with Gasteiger partial charge in [-0.15, -0.1) is 0 Å². The lowest BCUT2D eigenvalue weighted by Gasteiger charge is -2.23. The Bertz CT molecular complexity index is 1100. The van der Waals surface area contributed by atoms with Gasteiger partial charge in [-0.25, -0.2) is 14.4 Å². The van der Waals surface area contributed by atoms with Gasteiger partial charge in [0.2, 0.25) is 0 Å². The van der Waals surface area contributed by atoms with Crippen molar-refractivity contribution in [3.63, 3.8) is 0 Å². The first-order valence-electron chi connectivity index (χ1n) is 9.62. The van der Waals surface area contributed by atoms with Crippen LogP contribution in [0.3, 0.4) is 0 Å². The summed E-state index contributed by atoms with van der Waals surface area (Å²) in [6.45, 7) is 2.35. The molecule has 3 heterocycles. The number of benzene rings is 1. The van der Waals surface area contributed by atoms with E-state index in [4.69, 9.17) is 0 Å². The molecule has 0 saturated carbocycles. The van der Waals surface area contributed by atoms with E-state index < -0.39 is 0 Å². The summed E-state index contributed by atoms with van der Waals surface area (Å²) in [6, 6.07) is 5.27. The fraction of sp³-hybridized carbons (Fsp3) is 0.286. The fourth-order valence-electron chi connectivity index (χ4n) is 3.58. The topological polar surface area (TPSA) is 93.0 Å². The first kappa shape index (κ1) is 19.7. The Hall–Kier alpha value is -3.62. The molecule has 1 fully saturated rings. The van der Waals surface area contributed by atoms with Gasteiger partial charge in [0.05, 0.1) is 29.1 Å². The molecule has 1 saturated heterocycles. The SMILES string of the molecule is Cc1nc(C2CCCN2C(=O)c2cnn(C)c2)ncc1C(=O)Nc1ccc(F)cc1. The van der Waals surface area contributed by atoms with E-state index in [0.717, 1.165) is 12.8 Å². The molecule has 1 N–H and O–H groups in total. The number of hydrogen-bond donors (Lipinski definition) is 1. The molecule has 1 aromatic carbocycles. The summed E-state index contributed by atoms with van der Waals surface area (Å²) in [7, 11) is 1.76. The zero-order valence-corrected chi connectivity index (χ0v) is 16.7. The van der Waals surface area contributed by atoms with Gasteiger partial charge >= 0.3 is 0 Å². The number of aromatic nitrogens is 4. The highest BCUT2D eigenvalue weighted by Gasteiger charge is 2.33. The number of nitrogens with one attached hydrogen (secondary N) is 1. The molecule has 0 spiro atoms. The lowest BCUT2D eigenvalue weighted by molar-refractivity contribution is 0.0729. The average molecular weight is 408 g/mol. The van der Waals surface area contributed by atoms with E-state index in [9.17, 15) is 14.0 Å². The van der Waals surface area contributed by atoms with Crippen LogP contribution in [-0.2, 0) is 7.05 Å². The van der Waals surface area contributed by atoms with Gasteiger partial charge in [0.1, 0.15) is 5.82 Å². The van der Waals surface area contributed by atoms with Crippen LogP contribution in [0.2, 0.25) is 0 Å². The maximum absolute atomic E-state index is 13.0. The van der Waals surface area contributed by atoms with Crippen molar-refractivity contribution < 1.29 is 14.0 Å². The van der Waals surface area contributed by atoms with Crippen molar-refractivity contribution in [2.24, 2.45) is 7.05 Å². The molecule has 8 nitrogen and oxygen atoms in total. The summed E-state index contributed by atoms with van der Waals surface area (Å²) in [5.74, 6) is -0.343. The predicted molar refractivity (Wildman–Crippen MR) is 107 cm³/mol. The zero-order chi connectivity index (χ0) is 21.3. The minimum atomic E-state index is -0.376. The Kier molecular flexibility index (Phi) is 5.26. The van der Waals surface area contributed by atoms with Gasteiger partial charge in [-0.3, -0.25) is 14.3 Å². The number of aryl methyl sites for hydroxylation is 2. The average Bonchev–Trinajstić information content (AvgIpc) is 3.38. The van der Waals surface area contributed by atoms with Crippen molar-refractivity contribution in [1.29, 1.82) is 0 Å². The van der Waals surface area contributed by atoms with Crippen molar-refractivity contribution in [3.05, 3.63) is 71.3 Å². The molecule has 9 heteroatoms. The molecule has 3 aromatic rings. The summed E-state index contributed by atoms with van der Waals surface area (Å²) in [5, 5.41) is 6.77. The van der Waals surface area contributed by atoms with Crippen molar-refractivity contribution >= 4 is 17.5 Å². The van der Waals surface area contributed by atoms with Crippen LogP contribution in [0.5, 0.6) is 0 Å². The second-order valence-corrected chi connectivity index (χ2v) is 7.25. The minimum Gasteiger partial charge on any atom is -0.328 e. The van der Waals surface area contributed by atoms with E-state index in [2.05, 4.69) is 20.4 Å². The molecule has 1 atom stereocenters. The number of likely N-dealkylation sites (tertiary alicyclic amines) is 1. The third-order valence-corrected chi connectivity index (χ3v) is 5.11. The van der Waals surface area contributed by atoms with Crippen LogP contribution in [0.4, 0.5) is 10.1 Å². The van der Waals surface area contributed by atoms with Crippen molar-refractivity contribution in [2.75, 3.05) is 11.9 Å². The maximum Gasteiger partial charge on any atom is 0.259 e. The van der Waals surface area contributed by atoms with Crippen LogP contribution >= 0.6 is 0 Å². The molecule has 30 heavy (non-hydrogen) atoms. The summed E-state index contributed by atoms with van der Waals surface area (Å²) < 4.78 is 14.6. The quantitative estimate of drug-likeness (QED) is 0.717.